The fraction of sp³-hybridized carbons (Fsp3) is 0.367. The van der Waals surface area contributed by atoms with Crippen molar-refractivity contribution in [1.29, 1.82) is 0 Å². The minimum Gasteiger partial charge on any atom is -0.465 e. The van der Waals surface area contributed by atoms with Crippen molar-refractivity contribution in [3.63, 3.8) is 0 Å². The molecular weight excluding hydrogens is 586 g/mol. The maximum absolute atomic E-state index is 13.2. The van der Waals surface area contributed by atoms with Gasteiger partial charge in [-0.25, -0.2) is 24.0 Å². The first-order valence-corrected chi connectivity index (χ1v) is 14.1. The number of benzene rings is 1. The fourth-order valence-electron chi connectivity index (χ4n) is 4.84. The first-order chi connectivity index (χ1) is 21.6. The van der Waals surface area contributed by atoms with E-state index in [1.165, 1.54) is 6.92 Å². The first kappa shape index (κ1) is 32.6. The van der Waals surface area contributed by atoms with E-state index in [1.807, 2.05) is 41.9 Å². The van der Waals surface area contributed by atoms with E-state index in [1.54, 1.807) is 23.4 Å². The summed E-state index contributed by atoms with van der Waals surface area (Å²) in [4.78, 5) is 54.4. The topological polar surface area (TPSA) is 193 Å². The molecule has 0 spiro atoms. The molecule has 4 aromatic rings. The van der Waals surface area contributed by atoms with Gasteiger partial charge >= 0.3 is 18.0 Å². The summed E-state index contributed by atoms with van der Waals surface area (Å²) in [5.41, 5.74) is 1.84. The Hall–Kier alpha value is -5.31. The molecule has 2 amide bonds. The lowest BCUT2D eigenvalue weighted by Crippen LogP contribution is -2.49. The largest absolute Gasteiger partial charge is 0.465 e. The van der Waals surface area contributed by atoms with Crippen molar-refractivity contribution >= 4 is 23.8 Å². The molecular formula is C30H35N7O8. The van der Waals surface area contributed by atoms with Gasteiger partial charge in [-0.2, -0.15) is 0 Å². The Kier molecular flexibility index (Phi) is 10.8. The molecule has 2 atom stereocenters. The maximum Gasteiger partial charge on any atom is 0.342 e. The number of aliphatic hydroxyl groups excluding tert-OH is 1. The van der Waals surface area contributed by atoms with Crippen LogP contribution in [0.1, 0.15) is 55.9 Å². The van der Waals surface area contributed by atoms with E-state index in [9.17, 15) is 24.3 Å². The zero-order valence-corrected chi connectivity index (χ0v) is 25.4. The second kappa shape index (κ2) is 14.9. The van der Waals surface area contributed by atoms with Crippen molar-refractivity contribution in [3.8, 4) is 11.4 Å². The van der Waals surface area contributed by atoms with Crippen LogP contribution in [0, 0.1) is 0 Å². The molecule has 3 N–H and O–H groups in total. The van der Waals surface area contributed by atoms with Gasteiger partial charge in [0.1, 0.15) is 22.6 Å². The van der Waals surface area contributed by atoms with Gasteiger partial charge in [0.2, 0.25) is 0 Å². The first-order valence-electron chi connectivity index (χ1n) is 14.1. The van der Waals surface area contributed by atoms with Gasteiger partial charge in [0.15, 0.2) is 11.5 Å². The van der Waals surface area contributed by atoms with Gasteiger partial charge in [0, 0.05) is 20.4 Å². The second-order valence-electron chi connectivity index (χ2n) is 10.3. The minimum absolute atomic E-state index is 0.00882. The summed E-state index contributed by atoms with van der Waals surface area (Å²) in [7, 11) is 4.09. The molecule has 0 aliphatic carbocycles. The quantitative estimate of drug-likeness (QED) is 0.138. The third kappa shape index (κ3) is 8.00. The highest BCUT2D eigenvalue weighted by molar-refractivity contribution is 6.11. The van der Waals surface area contributed by atoms with Crippen molar-refractivity contribution in [2.75, 3.05) is 20.8 Å². The van der Waals surface area contributed by atoms with E-state index in [0.717, 1.165) is 25.5 Å². The SMILES string of the molecule is COC(=O)c1c(CC[C@@H](CO)NC(=O)N[C@@H](Cc2ccccc2)Cn2cc(-c3cncn3C)nn2)oc(C(C)=O)c1C(=O)OC. The van der Waals surface area contributed by atoms with E-state index in [0.29, 0.717) is 18.7 Å². The number of urea groups is 1. The van der Waals surface area contributed by atoms with Crippen LogP contribution < -0.4 is 10.6 Å². The van der Waals surface area contributed by atoms with Gasteiger partial charge in [0.25, 0.3) is 0 Å². The van der Waals surface area contributed by atoms with E-state index in [-0.39, 0.29) is 35.5 Å². The smallest absolute Gasteiger partial charge is 0.342 e. The number of carbonyl (C=O) groups excluding carboxylic acids is 4. The number of rotatable bonds is 14. The average molecular weight is 622 g/mol. The number of ketones is 1. The molecule has 0 radical (unpaired) electrons. The van der Waals surface area contributed by atoms with Gasteiger partial charge in [-0.3, -0.25) is 4.79 Å². The van der Waals surface area contributed by atoms with Crippen LogP contribution in [0.2, 0.25) is 0 Å². The van der Waals surface area contributed by atoms with Gasteiger partial charge < -0.3 is 34.2 Å². The van der Waals surface area contributed by atoms with Crippen molar-refractivity contribution in [2.24, 2.45) is 7.05 Å². The molecule has 3 aromatic heterocycles. The number of methoxy groups -OCH3 is 2. The van der Waals surface area contributed by atoms with Crippen LogP contribution in [0.25, 0.3) is 11.4 Å². The molecule has 238 valence electrons. The molecule has 0 unspecified atom stereocenters. The number of Topliss-reactive ketones (excluding diaryl/α,β-unsaturated/α-hetero) is 1. The van der Waals surface area contributed by atoms with E-state index < -0.39 is 42.4 Å². The van der Waals surface area contributed by atoms with Gasteiger partial charge in [0.05, 0.1) is 63.9 Å². The summed E-state index contributed by atoms with van der Waals surface area (Å²) in [6, 6.07) is 7.88. The van der Waals surface area contributed by atoms with Crippen molar-refractivity contribution in [3.05, 3.63) is 77.3 Å². The monoisotopic (exact) mass is 621 g/mol. The lowest BCUT2D eigenvalue weighted by atomic mass is 10.0. The zero-order valence-electron chi connectivity index (χ0n) is 25.4. The zero-order chi connectivity index (χ0) is 32.5. The number of amides is 2. The number of nitrogens with zero attached hydrogens (tertiary/aromatic N) is 5. The third-order valence-corrected chi connectivity index (χ3v) is 7.04. The highest BCUT2D eigenvalue weighted by atomic mass is 16.5. The predicted octanol–water partition coefficient (Wildman–Crippen LogP) is 1.95. The Bertz CT molecular complexity index is 1640. The van der Waals surface area contributed by atoms with Crippen LogP contribution in [0.5, 0.6) is 0 Å². The Labute approximate surface area is 258 Å². The molecule has 4 rings (SSSR count). The standard InChI is InChI=1S/C30H35N7O8/c1-18(39)27-26(29(41)44-4)25(28(40)43-3)24(45-27)11-10-20(16-38)32-30(42)33-21(12-19-8-6-5-7-9-19)14-37-15-22(34-35-37)23-13-31-17-36(23)2/h5-9,13,15,17,20-21,38H,10-12,14,16H2,1-4H3,(H2,32,33,42)/t20-,21-/m0/s1. The summed E-state index contributed by atoms with van der Waals surface area (Å²) in [5.74, 6) is -2.77. The predicted molar refractivity (Wildman–Crippen MR) is 158 cm³/mol. The van der Waals surface area contributed by atoms with Gasteiger partial charge in [-0.1, -0.05) is 35.5 Å². The molecule has 0 fully saturated rings. The number of esters is 2. The Morgan fingerprint density at radius 3 is 2.33 bits per heavy atom. The number of aliphatic hydroxyl groups is 1. The molecule has 0 aliphatic heterocycles. The number of carbonyl (C=O) groups is 4. The van der Waals surface area contributed by atoms with E-state index in [4.69, 9.17) is 13.9 Å². The van der Waals surface area contributed by atoms with Crippen LogP contribution in [-0.4, -0.2) is 86.3 Å². The lowest BCUT2D eigenvalue weighted by Gasteiger charge is -2.22. The molecule has 15 heteroatoms. The number of aryl methyl sites for hydroxylation is 2. The van der Waals surface area contributed by atoms with Crippen LogP contribution in [0.3, 0.4) is 0 Å². The molecule has 0 bridgehead atoms. The Morgan fingerprint density at radius 2 is 1.71 bits per heavy atom. The summed E-state index contributed by atoms with van der Waals surface area (Å²) in [5, 5.41) is 24.2. The number of hydrogen-bond donors (Lipinski definition) is 3. The van der Waals surface area contributed by atoms with Gasteiger partial charge in [-0.05, 0) is 18.4 Å². The van der Waals surface area contributed by atoms with E-state index >= 15 is 0 Å². The number of furan rings is 1. The Morgan fingerprint density at radius 1 is 1.02 bits per heavy atom. The van der Waals surface area contributed by atoms with Gasteiger partial charge in [-0.15, -0.1) is 5.10 Å². The molecule has 45 heavy (non-hydrogen) atoms. The number of nitrogens with one attached hydrogen (secondary N) is 2. The van der Waals surface area contributed by atoms with Crippen molar-refractivity contribution < 1.29 is 38.2 Å². The Balaban J connectivity index is 1.47. The third-order valence-electron chi connectivity index (χ3n) is 7.04. The lowest BCUT2D eigenvalue weighted by molar-refractivity contribution is 0.0554. The maximum atomic E-state index is 13.2. The van der Waals surface area contributed by atoms with Crippen LogP contribution in [0.4, 0.5) is 4.79 Å². The minimum atomic E-state index is -0.934. The normalized spacial score (nSPS) is 12.3. The van der Waals surface area contributed by atoms with Crippen molar-refractivity contribution in [1.82, 2.24) is 35.2 Å². The number of ether oxygens (including phenoxy) is 2. The number of hydrogen-bond acceptors (Lipinski definition) is 11. The van der Waals surface area contributed by atoms with Crippen LogP contribution >= 0.6 is 0 Å². The molecule has 1 aromatic carbocycles. The number of aromatic nitrogens is 5. The molecule has 3 heterocycles. The summed E-state index contributed by atoms with van der Waals surface area (Å²) < 4.78 is 18.6. The highest BCUT2D eigenvalue weighted by Gasteiger charge is 2.33. The summed E-state index contributed by atoms with van der Waals surface area (Å²) >= 11 is 0. The van der Waals surface area contributed by atoms with Crippen molar-refractivity contribution in [2.45, 2.75) is 44.8 Å². The molecule has 0 saturated carbocycles. The second-order valence-corrected chi connectivity index (χ2v) is 10.3. The molecule has 15 nitrogen and oxygen atoms in total. The fourth-order valence-corrected chi connectivity index (χ4v) is 4.84. The summed E-state index contributed by atoms with van der Waals surface area (Å²) in [6.45, 7) is 1.05. The van der Waals surface area contributed by atoms with E-state index in [2.05, 4.69) is 25.9 Å². The average Bonchev–Trinajstić information content (AvgIpc) is 3.77. The summed E-state index contributed by atoms with van der Waals surface area (Å²) in [6.07, 6.45) is 5.68. The highest BCUT2D eigenvalue weighted by Crippen LogP contribution is 2.27. The number of imidazole rings is 1. The molecule has 0 saturated heterocycles. The molecule has 0 aliphatic rings. The van der Waals surface area contributed by atoms with Crippen LogP contribution in [-0.2, 0) is 35.9 Å². The van der Waals surface area contributed by atoms with Crippen LogP contribution in [0.15, 0.2) is 53.5 Å².